The molecule has 106 valence electrons. The van der Waals surface area contributed by atoms with Gasteiger partial charge in [0.25, 0.3) is 0 Å². The van der Waals surface area contributed by atoms with Gasteiger partial charge in [-0.25, -0.2) is 0 Å². The van der Waals surface area contributed by atoms with Crippen molar-refractivity contribution in [3.63, 3.8) is 0 Å². The summed E-state index contributed by atoms with van der Waals surface area (Å²) in [6.45, 7) is 8.38. The minimum atomic E-state index is 1.02. The number of aliphatic imine (C=N–C) groups is 1. The van der Waals surface area contributed by atoms with E-state index in [1.807, 2.05) is 25.1 Å². The largest absolute Gasteiger partial charge is 0.253 e. The summed E-state index contributed by atoms with van der Waals surface area (Å²) in [4.78, 5) is 4.74. The fraction of sp³-hybridized carbons (Fsp3) is 0.316. The number of hydrogen-bond acceptors (Lipinski definition) is 1. The molecule has 0 atom stereocenters. The van der Waals surface area contributed by atoms with Gasteiger partial charge in [0, 0.05) is 5.71 Å². The average Bonchev–Trinajstić information content (AvgIpc) is 2.49. The second kappa shape index (κ2) is 9.08. The Hall–Kier alpha value is -1.89. The van der Waals surface area contributed by atoms with Crippen molar-refractivity contribution in [3.05, 3.63) is 65.8 Å². The topological polar surface area (TPSA) is 12.4 Å². The van der Waals surface area contributed by atoms with Gasteiger partial charge in [0.05, 0.1) is 5.70 Å². The molecule has 20 heavy (non-hydrogen) atoms. The van der Waals surface area contributed by atoms with Crippen molar-refractivity contribution in [2.24, 2.45) is 4.99 Å². The Bertz CT molecular complexity index is 516. The number of hydrogen-bond donors (Lipinski definition) is 0. The molecule has 0 fully saturated rings. The van der Waals surface area contributed by atoms with E-state index >= 15 is 0 Å². The van der Waals surface area contributed by atoms with Gasteiger partial charge in [-0.2, -0.15) is 0 Å². The minimum absolute atomic E-state index is 1.02. The molecule has 0 bridgehead atoms. The summed E-state index contributed by atoms with van der Waals surface area (Å²) >= 11 is 0. The maximum absolute atomic E-state index is 4.74. The molecule has 0 aromatic heterocycles. The van der Waals surface area contributed by atoms with Crippen LogP contribution in [0.5, 0.6) is 0 Å². The molecule has 1 aromatic rings. The average molecular weight is 267 g/mol. The summed E-state index contributed by atoms with van der Waals surface area (Å²) in [5.41, 5.74) is 4.44. The molecule has 1 aromatic carbocycles. The summed E-state index contributed by atoms with van der Waals surface area (Å²) < 4.78 is 0. The number of rotatable bonds is 6. The molecule has 0 unspecified atom stereocenters. The molecule has 0 amide bonds. The zero-order valence-corrected chi connectivity index (χ0v) is 13.1. The van der Waals surface area contributed by atoms with Gasteiger partial charge < -0.3 is 0 Å². The van der Waals surface area contributed by atoms with Crippen LogP contribution in [0.2, 0.25) is 0 Å². The molecule has 1 rings (SSSR count). The van der Waals surface area contributed by atoms with Crippen molar-refractivity contribution in [2.75, 3.05) is 0 Å². The number of nitrogens with zero attached hydrogens (tertiary/aromatic N) is 1. The first-order valence-corrected chi connectivity index (χ1v) is 7.29. The molecule has 0 spiro atoms. The second-order valence-corrected chi connectivity index (χ2v) is 4.80. The number of unbranched alkanes of at least 4 members (excludes halogenated alkanes) is 1. The van der Waals surface area contributed by atoms with E-state index in [1.54, 1.807) is 0 Å². The minimum Gasteiger partial charge on any atom is -0.253 e. The number of allylic oxidation sites excluding steroid dienone is 5. The van der Waals surface area contributed by atoms with Gasteiger partial charge >= 0.3 is 0 Å². The molecule has 0 saturated carbocycles. The lowest BCUT2D eigenvalue weighted by Gasteiger charge is -2.05. The molecule has 0 saturated heterocycles. The van der Waals surface area contributed by atoms with Crippen LogP contribution in [0.3, 0.4) is 0 Å². The maximum Gasteiger partial charge on any atom is 0.0662 e. The van der Waals surface area contributed by atoms with Gasteiger partial charge in [-0.15, -0.1) is 0 Å². The molecule has 0 aliphatic heterocycles. The van der Waals surface area contributed by atoms with Crippen molar-refractivity contribution in [3.8, 4) is 0 Å². The Morgan fingerprint density at radius 1 is 1.15 bits per heavy atom. The van der Waals surface area contributed by atoms with Crippen molar-refractivity contribution in [1.29, 1.82) is 0 Å². The van der Waals surface area contributed by atoms with Crippen LogP contribution in [-0.2, 0) is 0 Å². The van der Waals surface area contributed by atoms with Gasteiger partial charge in [-0.1, -0.05) is 68.0 Å². The Balaban J connectivity index is 2.86. The molecule has 0 heterocycles. The van der Waals surface area contributed by atoms with E-state index in [1.165, 1.54) is 12.0 Å². The lowest BCUT2D eigenvalue weighted by atomic mass is 10.1. The highest BCUT2D eigenvalue weighted by Gasteiger charge is 2.00. The van der Waals surface area contributed by atoms with Crippen molar-refractivity contribution in [1.82, 2.24) is 0 Å². The van der Waals surface area contributed by atoms with E-state index in [4.69, 9.17) is 4.99 Å². The molecule has 0 aliphatic rings. The van der Waals surface area contributed by atoms with Gasteiger partial charge in [0.1, 0.15) is 0 Å². The summed E-state index contributed by atoms with van der Waals surface area (Å²) in [6, 6.07) is 10.3. The predicted molar refractivity (Wildman–Crippen MR) is 91.0 cm³/mol. The van der Waals surface area contributed by atoms with Crippen LogP contribution < -0.4 is 0 Å². The standard InChI is InChI=1S/C19H25N/c1-5-7-8-10-13-16(3)17(4)20-19(6-2)18-14-11-9-12-15-18/h6,8-15H,5,7H2,1-4H3/b10-8-,16-13-,19-6-,20-17+. The third kappa shape index (κ3) is 5.40. The molecular weight excluding hydrogens is 242 g/mol. The van der Waals surface area contributed by atoms with E-state index in [0.29, 0.717) is 0 Å². The first-order chi connectivity index (χ1) is 9.69. The van der Waals surface area contributed by atoms with Gasteiger partial charge in [0.2, 0.25) is 0 Å². The van der Waals surface area contributed by atoms with E-state index in [-0.39, 0.29) is 0 Å². The zero-order chi connectivity index (χ0) is 14.8. The van der Waals surface area contributed by atoms with E-state index in [2.05, 4.69) is 57.2 Å². The third-order valence-corrected chi connectivity index (χ3v) is 3.14. The Morgan fingerprint density at radius 3 is 2.45 bits per heavy atom. The summed E-state index contributed by atoms with van der Waals surface area (Å²) in [5, 5.41) is 0. The lowest BCUT2D eigenvalue weighted by molar-refractivity contribution is 0.959. The van der Waals surface area contributed by atoms with Crippen LogP contribution in [0.25, 0.3) is 5.70 Å². The van der Waals surface area contributed by atoms with Gasteiger partial charge in [-0.05, 0) is 38.3 Å². The fourth-order valence-corrected chi connectivity index (χ4v) is 1.77. The van der Waals surface area contributed by atoms with Crippen LogP contribution in [0.15, 0.2) is 65.2 Å². The van der Waals surface area contributed by atoms with Crippen molar-refractivity contribution >= 4 is 11.4 Å². The maximum atomic E-state index is 4.74. The van der Waals surface area contributed by atoms with Crippen LogP contribution in [0.1, 0.15) is 46.1 Å². The highest BCUT2D eigenvalue weighted by molar-refractivity contribution is 6.01. The zero-order valence-electron chi connectivity index (χ0n) is 13.1. The molecule has 0 N–H and O–H groups in total. The first-order valence-electron chi connectivity index (χ1n) is 7.29. The van der Waals surface area contributed by atoms with Crippen LogP contribution >= 0.6 is 0 Å². The van der Waals surface area contributed by atoms with Crippen molar-refractivity contribution in [2.45, 2.75) is 40.5 Å². The van der Waals surface area contributed by atoms with Gasteiger partial charge in [0.15, 0.2) is 0 Å². The monoisotopic (exact) mass is 267 g/mol. The molecule has 1 nitrogen and oxygen atoms in total. The van der Waals surface area contributed by atoms with E-state index in [9.17, 15) is 0 Å². The Labute approximate surface area is 123 Å². The quantitative estimate of drug-likeness (QED) is 0.455. The summed E-state index contributed by atoms with van der Waals surface area (Å²) in [5.74, 6) is 0. The number of benzene rings is 1. The Morgan fingerprint density at radius 2 is 1.85 bits per heavy atom. The summed E-state index contributed by atoms with van der Waals surface area (Å²) in [6.07, 6.45) is 10.8. The summed E-state index contributed by atoms with van der Waals surface area (Å²) in [7, 11) is 0. The molecular formula is C19H25N. The van der Waals surface area contributed by atoms with Gasteiger partial charge in [-0.3, -0.25) is 4.99 Å². The molecule has 1 heteroatoms. The van der Waals surface area contributed by atoms with Crippen LogP contribution in [0.4, 0.5) is 0 Å². The highest BCUT2D eigenvalue weighted by atomic mass is 14.8. The van der Waals surface area contributed by atoms with Crippen LogP contribution in [-0.4, -0.2) is 5.71 Å². The first kappa shape index (κ1) is 16.2. The smallest absolute Gasteiger partial charge is 0.0662 e. The fourth-order valence-electron chi connectivity index (χ4n) is 1.77. The lowest BCUT2D eigenvalue weighted by Crippen LogP contribution is -1.94. The van der Waals surface area contributed by atoms with Crippen LogP contribution in [0, 0.1) is 0 Å². The second-order valence-electron chi connectivity index (χ2n) is 4.80. The normalized spacial score (nSPS) is 14.1. The highest BCUT2D eigenvalue weighted by Crippen LogP contribution is 2.16. The third-order valence-electron chi connectivity index (χ3n) is 3.14. The van der Waals surface area contributed by atoms with E-state index in [0.717, 1.165) is 23.4 Å². The van der Waals surface area contributed by atoms with Crippen molar-refractivity contribution < 1.29 is 0 Å². The Kier molecular flexibility index (Phi) is 7.34. The van der Waals surface area contributed by atoms with E-state index < -0.39 is 0 Å². The molecule has 0 aliphatic carbocycles. The predicted octanol–water partition coefficient (Wildman–Crippen LogP) is 5.81. The SMILES string of the molecule is C\C=C(/N=C(C)/C(C)=C\C=C/CCC)c1ccccc1. The molecule has 0 radical (unpaired) electrons.